The van der Waals surface area contributed by atoms with Gasteiger partial charge < -0.3 is 9.88 Å². The van der Waals surface area contributed by atoms with Crippen LogP contribution < -0.4 is 5.32 Å². The number of para-hydroxylation sites is 2. The highest BCUT2D eigenvalue weighted by Crippen LogP contribution is 2.41. The molecule has 2 aromatic carbocycles. The number of aromatic nitrogens is 4. The first-order chi connectivity index (χ1) is 13.9. The summed E-state index contributed by atoms with van der Waals surface area (Å²) in [6.45, 7) is 1.87. The highest BCUT2D eigenvalue weighted by atomic mass is 79.9. The van der Waals surface area contributed by atoms with Crippen LogP contribution in [0.1, 0.15) is 29.2 Å². The van der Waals surface area contributed by atoms with Crippen LogP contribution in [0.25, 0.3) is 17.0 Å². The summed E-state index contributed by atoms with van der Waals surface area (Å²) >= 11 is 3.41. The number of imidazole rings is 1. The number of amides is 1. The number of rotatable bonds is 2. The Morgan fingerprint density at radius 2 is 2.03 bits per heavy atom. The summed E-state index contributed by atoms with van der Waals surface area (Å²) in [6, 6.07) is 12.6. The van der Waals surface area contributed by atoms with E-state index in [2.05, 4.69) is 31.3 Å². The van der Waals surface area contributed by atoms with Gasteiger partial charge in [-0.2, -0.15) is 9.78 Å². The summed E-state index contributed by atoms with van der Waals surface area (Å²) < 4.78 is 19.0. The standard InChI is InChI=1S/C21H17BrFN5O/c1-11-19-14(13-9-12(22)7-8-15(13)23)10-18(29)25-20(19)28(26-11)21-24-16-5-3-4-6-17(16)27(21)2/h3-9,14H,10H2,1-2H3,(H,25,29)/t14-/m0/s1. The number of halogens is 2. The van der Waals surface area contributed by atoms with Crippen molar-refractivity contribution in [1.82, 2.24) is 19.3 Å². The Bertz CT molecular complexity index is 1290. The number of benzene rings is 2. The average Bonchev–Trinajstić information content (AvgIpc) is 3.20. The second-order valence-corrected chi connectivity index (χ2v) is 8.11. The average molecular weight is 454 g/mol. The van der Waals surface area contributed by atoms with E-state index in [1.165, 1.54) is 6.07 Å². The molecule has 0 unspecified atom stereocenters. The first-order valence-electron chi connectivity index (χ1n) is 9.20. The molecule has 4 aromatic rings. The molecule has 1 aliphatic rings. The summed E-state index contributed by atoms with van der Waals surface area (Å²) in [7, 11) is 1.91. The third-order valence-electron chi connectivity index (χ3n) is 5.39. The van der Waals surface area contributed by atoms with Crippen LogP contribution in [0.3, 0.4) is 0 Å². The molecular formula is C21H17BrFN5O. The summed E-state index contributed by atoms with van der Waals surface area (Å²) in [5, 5.41) is 7.59. The molecule has 0 bridgehead atoms. The molecule has 0 saturated carbocycles. The Balaban J connectivity index is 1.73. The highest BCUT2D eigenvalue weighted by molar-refractivity contribution is 9.10. The van der Waals surface area contributed by atoms with Gasteiger partial charge >= 0.3 is 0 Å². The van der Waals surface area contributed by atoms with E-state index in [-0.39, 0.29) is 18.1 Å². The molecular weight excluding hydrogens is 437 g/mol. The van der Waals surface area contributed by atoms with Crippen LogP contribution in [0.15, 0.2) is 46.9 Å². The number of nitrogens with one attached hydrogen (secondary N) is 1. The summed E-state index contributed by atoms with van der Waals surface area (Å²) in [5.74, 6) is 0.197. The first-order valence-corrected chi connectivity index (χ1v) is 9.99. The lowest BCUT2D eigenvalue weighted by molar-refractivity contribution is -0.116. The predicted octanol–water partition coefficient (Wildman–Crippen LogP) is 4.44. The van der Waals surface area contributed by atoms with Crippen LogP contribution >= 0.6 is 15.9 Å². The molecule has 1 aliphatic heterocycles. The fourth-order valence-corrected chi connectivity index (χ4v) is 4.44. The van der Waals surface area contributed by atoms with Crippen molar-refractivity contribution in [2.75, 3.05) is 5.32 Å². The number of aryl methyl sites for hydroxylation is 2. The molecule has 1 amide bonds. The zero-order valence-corrected chi connectivity index (χ0v) is 17.4. The van der Waals surface area contributed by atoms with Gasteiger partial charge in [0.05, 0.1) is 16.7 Å². The predicted molar refractivity (Wildman–Crippen MR) is 112 cm³/mol. The number of anilines is 1. The molecule has 6 nitrogen and oxygen atoms in total. The summed E-state index contributed by atoms with van der Waals surface area (Å²) in [5.41, 5.74) is 3.82. The lowest BCUT2D eigenvalue weighted by Crippen LogP contribution is -2.25. The van der Waals surface area contributed by atoms with Gasteiger partial charge in [0.15, 0.2) is 0 Å². The Hall–Kier alpha value is -3.00. The fraction of sp³-hybridized carbons (Fsp3) is 0.190. The number of carbonyl (C=O) groups is 1. The molecule has 146 valence electrons. The van der Waals surface area contributed by atoms with Gasteiger partial charge in [-0.25, -0.2) is 9.37 Å². The van der Waals surface area contributed by atoms with Crippen LogP contribution in [0.4, 0.5) is 10.2 Å². The SMILES string of the molecule is Cc1nn(-c2nc3ccccc3n2C)c2c1[C@H](c1cc(Br)ccc1F)CC(=O)N2. The van der Waals surface area contributed by atoms with Gasteiger partial charge in [-0.05, 0) is 42.8 Å². The molecule has 0 saturated heterocycles. The van der Waals surface area contributed by atoms with Gasteiger partial charge in [-0.15, -0.1) is 0 Å². The van der Waals surface area contributed by atoms with Crippen molar-refractivity contribution < 1.29 is 9.18 Å². The minimum Gasteiger partial charge on any atom is -0.311 e. The zero-order valence-electron chi connectivity index (χ0n) is 15.8. The molecule has 1 N–H and O–H groups in total. The van der Waals surface area contributed by atoms with Crippen molar-refractivity contribution in [1.29, 1.82) is 0 Å². The number of hydrogen-bond acceptors (Lipinski definition) is 3. The minimum atomic E-state index is -0.417. The summed E-state index contributed by atoms with van der Waals surface area (Å²) in [4.78, 5) is 17.2. The molecule has 0 radical (unpaired) electrons. The van der Waals surface area contributed by atoms with Crippen molar-refractivity contribution in [3.63, 3.8) is 0 Å². The van der Waals surface area contributed by atoms with Crippen LogP contribution in [0.2, 0.25) is 0 Å². The van der Waals surface area contributed by atoms with Crippen LogP contribution in [-0.4, -0.2) is 25.2 Å². The van der Waals surface area contributed by atoms with Crippen molar-refractivity contribution in [2.24, 2.45) is 7.05 Å². The molecule has 29 heavy (non-hydrogen) atoms. The van der Waals surface area contributed by atoms with Crippen LogP contribution in [0, 0.1) is 12.7 Å². The monoisotopic (exact) mass is 453 g/mol. The molecule has 0 aliphatic carbocycles. The van der Waals surface area contributed by atoms with Crippen molar-refractivity contribution in [3.8, 4) is 5.95 Å². The lowest BCUT2D eigenvalue weighted by Gasteiger charge is -2.24. The normalized spacial score (nSPS) is 16.1. The Kier molecular flexibility index (Phi) is 4.06. The maximum absolute atomic E-state index is 14.6. The number of carbonyl (C=O) groups excluding carboxylic acids is 1. The molecule has 1 atom stereocenters. The summed E-state index contributed by atoms with van der Waals surface area (Å²) in [6.07, 6.45) is 0.162. The van der Waals surface area contributed by atoms with E-state index in [1.54, 1.807) is 16.8 Å². The molecule has 2 aromatic heterocycles. The first kappa shape index (κ1) is 18.1. The Morgan fingerprint density at radius 1 is 1.24 bits per heavy atom. The maximum atomic E-state index is 14.6. The van der Waals surface area contributed by atoms with Crippen molar-refractivity contribution in [3.05, 3.63) is 69.6 Å². The van der Waals surface area contributed by atoms with Gasteiger partial charge in [0.2, 0.25) is 11.9 Å². The van der Waals surface area contributed by atoms with E-state index in [9.17, 15) is 9.18 Å². The van der Waals surface area contributed by atoms with E-state index < -0.39 is 5.92 Å². The number of fused-ring (bicyclic) bond motifs is 2. The van der Waals surface area contributed by atoms with E-state index in [0.717, 1.165) is 26.8 Å². The van der Waals surface area contributed by atoms with Crippen molar-refractivity contribution in [2.45, 2.75) is 19.3 Å². The Morgan fingerprint density at radius 3 is 2.83 bits per heavy atom. The van der Waals surface area contributed by atoms with E-state index >= 15 is 0 Å². The van der Waals surface area contributed by atoms with Crippen molar-refractivity contribution >= 4 is 38.7 Å². The fourth-order valence-electron chi connectivity index (χ4n) is 4.06. The zero-order chi connectivity index (χ0) is 20.3. The van der Waals surface area contributed by atoms with Gasteiger partial charge in [0.1, 0.15) is 11.6 Å². The van der Waals surface area contributed by atoms with Crippen LogP contribution in [-0.2, 0) is 11.8 Å². The third kappa shape index (κ3) is 2.78. The molecule has 0 fully saturated rings. The number of nitrogens with zero attached hydrogens (tertiary/aromatic N) is 4. The third-order valence-corrected chi connectivity index (χ3v) is 5.88. The van der Waals surface area contributed by atoms with E-state index in [1.807, 2.05) is 42.8 Å². The van der Waals surface area contributed by atoms with E-state index in [0.29, 0.717) is 17.3 Å². The molecule has 0 spiro atoms. The molecule has 8 heteroatoms. The second-order valence-electron chi connectivity index (χ2n) is 7.19. The largest absolute Gasteiger partial charge is 0.311 e. The van der Waals surface area contributed by atoms with Crippen LogP contribution in [0.5, 0.6) is 0 Å². The molecule has 5 rings (SSSR count). The lowest BCUT2D eigenvalue weighted by atomic mass is 9.85. The number of hydrogen-bond donors (Lipinski definition) is 1. The minimum absolute atomic E-state index is 0.162. The Labute approximate surface area is 174 Å². The van der Waals surface area contributed by atoms with Gasteiger partial charge in [-0.1, -0.05) is 28.1 Å². The smallest absolute Gasteiger partial charge is 0.233 e. The van der Waals surface area contributed by atoms with Gasteiger partial charge in [0.25, 0.3) is 0 Å². The maximum Gasteiger partial charge on any atom is 0.233 e. The van der Waals surface area contributed by atoms with E-state index in [4.69, 9.17) is 0 Å². The van der Waals surface area contributed by atoms with Gasteiger partial charge in [-0.3, -0.25) is 4.79 Å². The highest BCUT2D eigenvalue weighted by Gasteiger charge is 2.35. The van der Waals surface area contributed by atoms with Gasteiger partial charge in [0, 0.05) is 29.4 Å². The molecule has 3 heterocycles. The topological polar surface area (TPSA) is 64.7 Å². The second kappa shape index (κ2) is 6.52. The quantitative estimate of drug-likeness (QED) is 0.487.